The van der Waals surface area contributed by atoms with Crippen molar-refractivity contribution in [2.45, 2.75) is 27.3 Å². The smallest absolute Gasteiger partial charge is 0.238 e. The maximum atomic E-state index is 12.3. The number of likely N-dealkylation sites (N-methyl/N-ethyl adjacent to an activating group) is 1. The Balaban J connectivity index is 1.99. The van der Waals surface area contributed by atoms with Gasteiger partial charge in [0.1, 0.15) is 5.82 Å². The molecule has 24 heavy (non-hydrogen) atoms. The molecule has 0 atom stereocenters. The van der Waals surface area contributed by atoms with Crippen molar-refractivity contribution in [2.75, 3.05) is 30.4 Å². The summed E-state index contributed by atoms with van der Waals surface area (Å²) in [6.07, 6.45) is 0. The molecular weight excluding hydrogens is 306 g/mol. The van der Waals surface area contributed by atoms with Crippen LogP contribution in [0.2, 0.25) is 0 Å². The third kappa shape index (κ3) is 4.63. The molecule has 0 fully saturated rings. The number of hydrogen-bond acceptors (Lipinski definition) is 7. The fraction of sp³-hybridized carbons (Fsp3) is 0.375. The van der Waals surface area contributed by atoms with E-state index in [2.05, 4.69) is 20.3 Å². The lowest BCUT2D eigenvalue weighted by molar-refractivity contribution is -0.117. The van der Waals surface area contributed by atoms with Gasteiger partial charge < -0.3 is 16.8 Å². The third-order valence-electron chi connectivity index (χ3n) is 3.48. The Morgan fingerprint density at radius 3 is 2.17 bits per heavy atom. The largest absolute Gasteiger partial charge is 0.368 e. The van der Waals surface area contributed by atoms with Crippen molar-refractivity contribution >= 4 is 23.5 Å². The molecule has 0 saturated heterocycles. The fourth-order valence-corrected chi connectivity index (χ4v) is 2.63. The molecule has 0 unspecified atom stereocenters. The normalized spacial score (nSPS) is 10.9. The molecule has 0 spiro atoms. The molecule has 0 saturated carbocycles. The van der Waals surface area contributed by atoms with Gasteiger partial charge in [-0.3, -0.25) is 9.69 Å². The number of hydrogen-bond donors (Lipinski definition) is 3. The zero-order valence-electron chi connectivity index (χ0n) is 14.4. The van der Waals surface area contributed by atoms with Gasteiger partial charge in [-0.15, -0.1) is 0 Å². The van der Waals surface area contributed by atoms with E-state index in [1.807, 2.05) is 32.9 Å². The van der Waals surface area contributed by atoms with Crippen molar-refractivity contribution < 1.29 is 4.79 Å². The van der Waals surface area contributed by atoms with Crippen LogP contribution in [0.5, 0.6) is 0 Å². The van der Waals surface area contributed by atoms with Crippen molar-refractivity contribution in [1.29, 1.82) is 0 Å². The van der Waals surface area contributed by atoms with E-state index in [1.165, 1.54) is 5.56 Å². The molecule has 0 aliphatic rings. The number of nitrogens with one attached hydrogen (secondary N) is 1. The first-order chi connectivity index (χ1) is 11.2. The van der Waals surface area contributed by atoms with E-state index in [1.54, 1.807) is 11.9 Å². The lowest BCUT2D eigenvalue weighted by Gasteiger charge is -2.17. The van der Waals surface area contributed by atoms with Crippen LogP contribution in [0.15, 0.2) is 12.1 Å². The topological polar surface area (TPSA) is 123 Å². The second-order valence-corrected chi connectivity index (χ2v) is 5.96. The first-order valence-electron chi connectivity index (χ1n) is 7.56. The van der Waals surface area contributed by atoms with Crippen LogP contribution in [-0.2, 0) is 11.3 Å². The van der Waals surface area contributed by atoms with Crippen molar-refractivity contribution in [3.8, 4) is 0 Å². The average Bonchev–Trinajstić information content (AvgIpc) is 2.41. The number of rotatable bonds is 5. The number of nitrogens with zero attached hydrogens (tertiary/aromatic N) is 4. The number of amides is 1. The first-order valence-corrected chi connectivity index (χ1v) is 7.56. The van der Waals surface area contributed by atoms with Crippen LogP contribution in [0.1, 0.15) is 22.5 Å². The predicted octanol–water partition coefficient (Wildman–Crippen LogP) is 1.03. The molecular formula is C16H23N7O. The molecule has 1 amide bonds. The van der Waals surface area contributed by atoms with E-state index in [0.29, 0.717) is 12.4 Å². The van der Waals surface area contributed by atoms with Crippen molar-refractivity contribution in [3.63, 3.8) is 0 Å². The van der Waals surface area contributed by atoms with Gasteiger partial charge in [0.05, 0.1) is 13.1 Å². The maximum absolute atomic E-state index is 12.3. The number of nitrogens with two attached hydrogens (primary N) is 2. The molecule has 0 aliphatic carbocycles. The summed E-state index contributed by atoms with van der Waals surface area (Å²) in [5.74, 6) is 0.461. The highest BCUT2D eigenvalue weighted by Gasteiger charge is 2.12. The summed E-state index contributed by atoms with van der Waals surface area (Å²) in [6, 6.07) is 4.09. The number of anilines is 3. The monoisotopic (exact) mass is 329 g/mol. The summed E-state index contributed by atoms with van der Waals surface area (Å²) in [5.41, 5.74) is 15.2. The van der Waals surface area contributed by atoms with Gasteiger partial charge in [-0.05, 0) is 38.9 Å². The van der Waals surface area contributed by atoms with Gasteiger partial charge in [0.25, 0.3) is 0 Å². The van der Waals surface area contributed by atoms with Gasteiger partial charge in [0, 0.05) is 5.69 Å². The van der Waals surface area contributed by atoms with Crippen LogP contribution in [0.4, 0.5) is 17.6 Å². The molecule has 1 heterocycles. The molecule has 8 heteroatoms. The van der Waals surface area contributed by atoms with Gasteiger partial charge in [0.15, 0.2) is 0 Å². The second-order valence-electron chi connectivity index (χ2n) is 5.96. The molecule has 0 bridgehead atoms. The molecule has 1 aromatic carbocycles. The minimum Gasteiger partial charge on any atom is -0.368 e. The highest BCUT2D eigenvalue weighted by molar-refractivity contribution is 5.93. The van der Waals surface area contributed by atoms with Crippen LogP contribution in [0.3, 0.4) is 0 Å². The summed E-state index contributed by atoms with van der Waals surface area (Å²) in [4.78, 5) is 25.8. The van der Waals surface area contributed by atoms with Gasteiger partial charge in [-0.25, -0.2) is 0 Å². The van der Waals surface area contributed by atoms with E-state index < -0.39 is 0 Å². The number of carbonyl (C=O) groups is 1. The Hall–Kier alpha value is -2.74. The van der Waals surface area contributed by atoms with E-state index >= 15 is 0 Å². The fourth-order valence-electron chi connectivity index (χ4n) is 2.63. The summed E-state index contributed by atoms with van der Waals surface area (Å²) in [5, 5.41) is 2.96. The lowest BCUT2D eigenvalue weighted by atomic mass is 10.1. The van der Waals surface area contributed by atoms with Crippen molar-refractivity contribution in [1.82, 2.24) is 19.9 Å². The van der Waals surface area contributed by atoms with Gasteiger partial charge in [0.2, 0.25) is 17.8 Å². The molecule has 2 rings (SSSR count). The zero-order valence-corrected chi connectivity index (χ0v) is 14.4. The van der Waals surface area contributed by atoms with Gasteiger partial charge in [-0.1, -0.05) is 17.7 Å². The summed E-state index contributed by atoms with van der Waals surface area (Å²) in [6.45, 7) is 6.53. The summed E-state index contributed by atoms with van der Waals surface area (Å²) < 4.78 is 0. The number of aromatic nitrogens is 3. The minimum atomic E-state index is -0.109. The van der Waals surface area contributed by atoms with E-state index in [9.17, 15) is 4.79 Å². The highest BCUT2D eigenvalue weighted by atomic mass is 16.2. The van der Waals surface area contributed by atoms with Gasteiger partial charge in [-0.2, -0.15) is 15.0 Å². The SMILES string of the molecule is Cc1cc(C)c(NC(=O)CN(C)Cc2nc(N)nc(N)n2)c(C)c1. The van der Waals surface area contributed by atoms with E-state index in [0.717, 1.165) is 16.8 Å². The Labute approximate surface area is 141 Å². The number of nitrogen functional groups attached to an aromatic ring is 2. The van der Waals surface area contributed by atoms with Crippen molar-refractivity contribution in [2.24, 2.45) is 0 Å². The Morgan fingerprint density at radius 2 is 1.62 bits per heavy atom. The maximum Gasteiger partial charge on any atom is 0.238 e. The number of carbonyl (C=O) groups excluding carboxylic acids is 1. The Bertz CT molecular complexity index is 717. The molecule has 5 N–H and O–H groups in total. The quantitative estimate of drug-likeness (QED) is 0.748. The molecule has 0 radical (unpaired) electrons. The van der Waals surface area contributed by atoms with Gasteiger partial charge >= 0.3 is 0 Å². The Morgan fingerprint density at radius 1 is 1.08 bits per heavy atom. The average molecular weight is 329 g/mol. The Kier molecular flexibility index (Phi) is 5.30. The summed E-state index contributed by atoms with van der Waals surface area (Å²) in [7, 11) is 1.80. The standard InChI is InChI=1S/C16H23N7O/c1-9-5-10(2)14(11(3)6-9)21-13(24)8-23(4)7-12-19-15(17)22-16(18)20-12/h5-6H,7-8H2,1-4H3,(H,21,24)(H4,17,18,19,20,22). The van der Waals surface area contributed by atoms with Crippen LogP contribution in [-0.4, -0.2) is 39.4 Å². The minimum absolute atomic E-state index is 0.0706. The number of aryl methyl sites for hydroxylation is 3. The highest BCUT2D eigenvalue weighted by Crippen LogP contribution is 2.21. The molecule has 8 nitrogen and oxygen atoms in total. The molecule has 128 valence electrons. The van der Waals surface area contributed by atoms with Crippen LogP contribution >= 0.6 is 0 Å². The van der Waals surface area contributed by atoms with Crippen LogP contribution in [0.25, 0.3) is 0 Å². The van der Waals surface area contributed by atoms with Crippen LogP contribution < -0.4 is 16.8 Å². The lowest BCUT2D eigenvalue weighted by Crippen LogP contribution is -2.31. The molecule has 2 aromatic rings. The van der Waals surface area contributed by atoms with E-state index in [-0.39, 0.29) is 24.3 Å². The first kappa shape index (κ1) is 17.6. The molecule has 0 aliphatic heterocycles. The predicted molar refractivity (Wildman–Crippen MR) is 94.3 cm³/mol. The summed E-state index contributed by atoms with van der Waals surface area (Å²) >= 11 is 0. The third-order valence-corrected chi connectivity index (χ3v) is 3.48. The molecule has 1 aromatic heterocycles. The second kappa shape index (κ2) is 7.22. The van der Waals surface area contributed by atoms with Crippen LogP contribution in [0, 0.1) is 20.8 Å². The number of benzene rings is 1. The zero-order chi connectivity index (χ0) is 17.9. The van der Waals surface area contributed by atoms with E-state index in [4.69, 9.17) is 11.5 Å². The van der Waals surface area contributed by atoms with Crippen molar-refractivity contribution in [3.05, 3.63) is 34.6 Å².